The number of nitrogens with zero attached hydrogens (tertiary/aromatic N) is 1. The minimum absolute atomic E-state index is 0.163. The first-order valence-corrected chi connectivity index (χ1v) is 8.07. The van der Waals surface area contributed by atoms with E-state index in [1.807, 2.05) is 37.3 Å². The van der Waals surface area contributed by atoms with Crippen molar-refractivity contribution in [2.45, 2.75) is 25.5 Å². The second-order valence-electron chi connectivity index (χ2n) is 5.98. The Morgan fingerprint density at radius 3 is 2.48 bits per heavy atom. The summed E-state index contributed by atoms with van der Waals surface area (Å²) in [6.45, 7) is 1.82. The van der Waals surface area contributed by atoms with Gasteiger partial charge in [-0.25, -0.2) is 5.10 Å². The number of aromatic nitrogens is 2. The van der Waals surface area contributed by atoms with Crippen LogP contribution < -0.4 is 10.9 Å². The van der Waals surface area contributed by atoms with E-state index in [-0.39, 0.29) is 23.2 Å². The molecule has 0 aliphatic carbocycles. The van der Waals surface area contributed by atoms with Crippen LogP contribution in [0.5, 0.6) is 0 Å². The molecule has 6 heteroatoms. The zero-order valence-electron chi connectivity index (χ0n) is 13.8. The molecule has 2 atom stereocenters. The Labute approximate surface area is 144 Å². The molecule has 0 bridgehead atoms. The minimum atomic E-state index is -0.670. The van der Waals surface area contributed by atoms with Crippen LogP contribution in [0.15, 0.2) is 59.4 Å². The highest BCUT2D eigenvalue weighted by molar-refractivity contribution is 6.04. The van der Waals surface area contributed by atoms with Crippen LogP contribution in [0.3, 0.4) is 0 Å². The normalized spacial score (nSPS) is 13.4. The van der Waals surface area contributed by atoms with Crippen LogP contribution in [0.2, 0.25) is 0 Å². The van der Waals surface area contributed by atoms with Gasteiger partial charge in [0.25, 0.3) is 11.5 Å². The number of aromatic amines is 1. The molecule has 1 amide bonds. The van der Waals surface area contributed by atoms with Gasteiger partial charge in [-0.15, -0.1) is 0 Å². The Kier molecular flexibility index (Phi) is 4.90. The van der Waals surface area contributed by atoms with Gasteiger partial charge < -0.3 is 10.4 Å². The van der Waals surface area contributed by atoms with Crippen molar-refractivity contribution >= 4 is 16.7 Å². The van der Waals surface area contributed by atoms with E-state index in [1.54, 1.807) is 24.3 Å². The smallest absolute Gasteiger partial charge is 0.272 e. The third kappa shape index (κ3) is 3.75. The number of carbonyl (C=O) groups excluding carboxylic acids is 1. The summed E-state index contributed by atoms with van der Waals surface area (Å²) in [6, 6.07) is 15.8. The van der Waals surface area contributed by atoms with E-state index in [9.17, 15) is 14.7 Å². The third-order valence-electron chi connectivity index (χ3n) is 4.05. The molecule has 2 aromatic carbocycles. The molecule has 2 unspecified atom stereocenters. The lowest BCUT2D eigenvalue weighted by molar-refractivity contribution is 0.0913. The Morgan fingerprint density at radius 2 is 1.76 bits per heavy atom. The van der Waals surface area contributed by atoms with Gasteiger partial charge in [0.1, 0.15) is 0 Å². The van der Waals surface area contributed by atoms with Crippen LogP contribution in [-0.4, -0.2) is 27.3 Å². The SMILES string of the molecule is CC(CC(O)c1ccccc1)NC(=O)c1n[nH]c(=O)c2ccccc12. The number of aliphatic hydroxyl groups is 1. The first-order valence-electron chi connectivity index (χ1n) is 8.07. The third-order valence-corrected chi connectivity index (χ3v) is 4.05. The summed E-state index contributed by atoms with van der Waals surface area (Å²) in [5, 5.41) is 20.2. The topological polar surface area (TPSA) is 95.1 Å². The lowest BCUT2D eigenvalue weighted by Crippen LogP contribution is -2.35. The fraction of sp³-hybridized carbons (Fsp3) is 0.211. The van der Waals surface area contributed by atoms with Crippen molar-refractivity contribution in [3.05, 3.63) is 76.2 Å². The van der Waals surface area contributed by atoms with Crippen molar-refractivity contribution in [3.63, 3.8) is 0 Å². The van der Waals surface area contributed by atoms with Crippen molar-refractivity contribution in [3.8, 4) is 0 Å². The number of nitrogens with one attached hydrogen (secondary N) is 2. The van der Waals surface area contributed by atoms with Crippen molar-refractivity contribution in [1.82, 2.24) is 15.5 Å². The second-order valence-corrected chi connectivity index (χ2v) is 5.98. The maximum absolute atomic E-state index is 12.5. The maximum atomic E-state index is 12.5. The number of benzene rings is 2. The van der Waals surface area contributed by atoms with Crippen molar-refractivity contribution in [1.29, 1.82) is 0 Å². The quantitative estimate of drug-likeness (QED) is 0.665. The van der Waals surface area contributed by atoms with Crippen LogP contribution in [0, 0.1) is 0 Å². The number of amides is 1. The molecule has 1 heterocycles. The summed E-state index contributed by atoms with van der Waals surface area (Å²) < 4.78 is 0. The second kappa shape index (κ2) is 7.27. The summed E-state index contributed by atoms with van der Waals surface area (Å²) >= 11 is 0. The predicted molar refractivity (Wildman–Crippen MR) is 95.3 cm³/mol. The van der Waals surface area contributed by atoms with E-state index in [4.69, 9.17) is 0 Å². The van der Waals surface area contributed by atoms with Gasteiger partial charge in [-0.05, 0) is 25.0 Å². The van der Waals surface area contributed by atoms with E-state index in [1.165, 1.54) is 0 Å². The van der Waals surface area contributed by atoms with E-state index < -0.39 is 6.10 Å². The molecule has 128 valence electrons. The Bertz CT molecular complexity index is 937. The number of hydrogen-bond acceptors (Lipinski definition) is 4. The summed E-state index contributed by atoms with van der Waals surface area (Å²) in [5.74, 6) is -0.389. The average Bonchev–Trinajstić information content (AvgIpc) is 2.62. The standard InChI is InChI=1S/C19H19N3O3/c1-12(11-16(23)13-7-3-2-4-8-13)20-19(25)17-14-9-5-6-10-15(14)18(24)22-21-17/h2-10,12,16,23H,11H2,1H3,(H,20,25)(H,22,24). The summed E-state index contributed by atoms with van der Waals surface area (Å²) in [5.41, 5.74) is 0.632. The molecule has 3 aromatic rings. The van der Waals surface area contributed by atoms with Gasteiger partial charge >= 0.3 is 0 Å². The monoisotopic (exact) mass is 337 g/mol. The summed E-state index contributed by atoms with van der Waals surface area (Å²) in [4.78, 5) is 24.3. The predicted octanol–water partition coefficient (Wildman–Crippen LogP) is 2.17. The minimum Gasteiger partial charge on any atom is -0.388 e. The maximum Gasteiger partial charge on any atom is 0.272 e. The first kappa shape index (κ1) is 16.9. The molecular formula is C19H19N3O3. The molecule has 3 rings (SSSR count). The fourth-order valence-corrected chi connectivity index (χ4v) is 2.79. The van der Waals surface area contributed by atoms with Gasteiger partial charge in [0, 0.05) is 11.4 Å². The molecule has 1 aromatic heterocycles. The Balaban J connectivity index is 1.74. The highest BCUT2D eigenvalue weighted by Crippen LogP contribution is 2.18. The Hall–Kier alpha value is -2.99. The van der Waals surface area contributed by atoms with Crippen LogP contribution in [0.25, 0.3) is 10.8 Å². The first-order chi connectivity index (χ1) is 12.1. The van der Waals surface area contributed by atoms with Gasteiger partial charge in [-0.2, -0.15) is 5.10 Å². The van der Waals surface area contributed by atoms with Crippen LogP contribution in [0.1, 0.15) is 35.5 Å². The number of rotatable bonds is 5. The van der Waals surface area contributed by atoms with E-state index in [0.29, 0.717) is 17.2 Å². The van der Waals surface area contributed by atoms with Gasteiger partial charge in [0.15, 0.2) is 5.69 Å². The molecule has 6 nitrogen and oxygen atoms in total. The highest BCUT2D eigenvalue weighted by Gasteiger charge is 2.18. The van der Waals surface area contributed by atoms with Crippen molar-refractivity contribution < 1.29 is 9.90 Å². The molecule has 0 saturated heterocycles. The number of H-pyrrole nitrogens is 1. The number of aliphatic hydroxyl groups excluding tert-OH is 1. The molecule has 25 heavy (non-hydrogen) atoms. The highest BCUT2D eigenvalue weighted by atomic mass is 16.3. The van der Waals surface area contributed by atoms with Crippen LogP contribution in [0.4, 0.5) is 0 Å². The molecule has 0 saturated carbocycles. The van der Waals surface area contributed by atoms with Gasteiger partial charge in [-0.3, -0.25) is 9.59 Å². The Morgan fingerprint density at radius 1 is 1.12 bits per heavy atom. The summed E-state index contributed by atoms with van der Waals surface area (Å²) in [6.07, 6.45) is -0.298. The average molecular weight is 337 g/mol. The van der Waals surface area contributed by atoms with Crippen LogP contribution in [-0.2, 0) is 0 Å². The lowest BCUT2D eigenvalue weighted by atomic mass is 10.0. The number of fused-ring (bicyclic) bond motifs is 1. The molecule has 0 aliphatic heterocycles. The molecule has 3 N–H and O–H groups in total. The molecular weight excluding hydrogens is 318 g/mol. The molecule has 0 aliphatic rings. The largest absolute Gasteiger partial charge is 0.388 e. The zero-order valence-corrected chi connectivity index (χ0v) is 13.8. The molecule has 0 spiro atoms. The fourth-order valence-electron chi connectivity index (χ4n) is 2.79. The van der Waals surface area contributed by atoms with E-state index >= 15 is 0 Å². The van der Waals surface area contributed by atoms with E-state index in [0.717, 1.165) is 5.56 Å². The van der Waals surface area contributed by atoms with Crippen molar-refractivity contribution in [2.24, 2.45) is 0 Å². The molecule has 0 radical (unpaired) electrons. The van der Waals surface area contributed by atoms with Gasteiger partial charge in [0.05, 0.1) is 11.5 Å². The van der Waals surface area contributed by atoms with Crippen molar-refractivity contribution in [2.75, 3.05) is 0 Å². The zero-order chi connectivity index (χ0) is 17.8. The summed E-state index contributed by atoms with van der Waals surface area (Å²) in [7, 11) is 0. The van der Waals surface area contributed by atoms with Gasteiger partial charge in [0.2, 0.25) is 0 Å². The lowest BCUT2D eigenvalue weighted by Gasteiger charge is -2.18. The number of carbonyl (C=O) groups is 1. The van der Waals surface area contributed by atoms with Crippen LogP contribution >= 0.6 is 0 Å². The van der Waals surface area contributed by atoms with E-state index in [2.05, 4.69) is 15.5 Å². The number of hydrogen-bond donors (Lipinski definition) is 3. The van der Waals surface area contributed by atoms with Gasteiger partial charge in [-0.1, -0.05) is 48.5 Å². The molecule has 0 fully saturated rings.